The van der Waals surface area contributed by atoms with E-state index in [0.717, 1.165) is 11.1 Å². The van der Waals surface area contributed by atoms with E-state index in [4.69, 9.17) is 9.47 Å². The topological polar surface area (TPSA) is 83.2 Å². The lowest BCUT2D eigenvalue weighted by molar-refractivity contribution is 0.0940. The molecule has 31 heavy (non-hydrogen) atoms. The molecule has 3 aromatic heterocycles. The summed E-state index contributed by atoms with van der Waals surface area (Å²) < 4.78 is 14.2. The van der Waals surface area contributed by atoms with Crippen LogP contribution >= 0.6 is 11.3 Å². The first kappa shape index (κ1) is 20.7. The van der Waals surface area contributed by atoms with Gasteiger partial charge in [-0.25, -0.2) is 0 Å². The number of methoxy groups -OCH3 is 2. The van der Waals surface area contributed by atoms with Crippen LogP contribution in [0.3, 0.4) is 0 Å². The molecule has 1 atom stereocenters. The highest BCUT2D eigenvalue weighted by atomic mass is 32.1. The number of carbonyl (C=O) groups excluding carboxylic acids is 1. The van der Waals surface area contributed by atoms with Gasteiger partial charge in [0.05, 0.1) is 26.0 Å². The van der Waals surface area contributed by atoms with Crippen LogP contribution in [0, 0.1) is 0 Å². The molecule has 1 aromatic carbocycles. The van der Waals surface area contributed by atoms with Gasteiger partial charge in [0.25, 0.3) is 5.91 Å². The van der Waals surface area contributed by atoms with E-state index < -0.39 is 0 Å². The monoisotopic (exact) mass is 437 g/mol. The van der Waals surface area contributed by atoms with E-state index in [9.17, 15) is 4.79 Å². The van der Waals surface area contributed by atoms with E-state index in [0.29, 0.717) is 29.4 Å². The van der Waals surface area contributed by atoms with Crippen LogP contribution in [-0.4, -0.2) is 46.2 Å². The zero-order valence-electron chi connectivity index (χ0n) is 17.5. The quantitative estimate of drug-likeness (QED) is 0.457. The fraction of sp³-hybridized carbons (Fsp3) is 0.227. The Bertz CT molecular complexity index is 1120. The minimum atomic E-state index is -0.213. The van der Waals surface area contributed by atoms with E-state index in [1.54, 1.807) is 49.5 Å². The summed E-state index contributed by atoms with van der Waals surface area (Å²) in [6.45, 7) is 0.403. The molecule has 0 aliphatic rings. The number of carbonyl (C=O) groups is 1. The average molecular weight is 438 g/mol. The first-order valence-corrected chi connectivity index (χ1v) is 10.6. The van der Waals surface area contributed by atoms with Crippen molar-refractivity contribution in [2.75, 3.05) is 20.8 Å². The second kappa shape index (κ2) is 9.05. The summed E-state index contributed by atoms with van der Waals surface area (Å²) in [4.78, 5) is 13.0. The summed E-state index contributed by atoms with van der Waals surface area (Å²) >= 11 is 1.62. The molecule has 0 unspecified atom stereocenters. The maximum atomic E-state index is 13.0. The molecule has 0 aliphatic carbocycles. The molecule has 0 fully saturated rings. The number of amides is 1. The van der Waals surface area contributed by atoms with E-state index in [1.807, 2.05) is 46.6 Å². The van der Waals surface area contributed by atoms with Crippen molar-refractivity contribution >= 4 is 17.2 Å². The standard InChI is InChI=1S/C22H23N5O3S/c1-26-19(12-18(25-26)17-11-16(29-2)5-6-21(17)30-3)22(28)23-13-20(15-7-10-31-14-15)27-9-4-8-24-27/h4-12,14,20H,13H2,1-3H3,(H,23,28)/t20-/m1/s1. The van der Waals surface area contributed by atoms with Crippen LogP contribution in [0.25, 0.3) is 11.3 Å². The minimum absolute atomic E-state index is 0.0867. The lowest BCUT2D eigenvalue weighted by atomic mass is 10.1. The number of nitrogens with zero attached hydrogens (tertiary/aromatic N) is 4. The molecule has 0 radical (unpaired) electrons. The maximum Gasteiger partial charge on any atom is 0.269 e. The highest BCUT2D eigenvalue weighted by molar-refractivity contribution is 7.08. The number of aryl methyl sites for hydroxylation is 1. The molecule has 160 valence electrons. The molecule has 0 spiro atoms. The number of nitrogens with one attached hydrogen (secondary N) is 1. The molecule has 0 aliphatic heterocycles. The van der Waals surface area contributed by atoms with Crippen LogP contribution in [-0.2, 0) is 7.05 Å². The summed E-state index contributed by atoms with van der Waals surface area (Å²) in [6.07, 6.45) is 3.63. The van der Waals surface area contributed by atoms with Gasteiger partial charge in [-0.15, -0.1) is 0 Å². The zero-order valence-corrected chi connectivity index (χ0v) is 18.3. The van der Waals surface area contributed by atoms with Gasteiger partial charge in [-0.2, -0.15) is 21.5 Å². The summed E-state index contributed by atoms with van der Waals surface area (Å²) in [5.74, 6) is 1.13. The van der Waals surface area contributed by atoms with Gasteiger partial charge in [-0.1, -0.05) is 0 Å². The number of thiophene rings is 1. The third-order valence-electron chi connectivity index (χ3n) is 5.02. The summed E-state index contributed by atoms with van der Waals surface area (Å²) in [6, 6.07) is 11.1. The summed E-state index contributed by atoms with van der Waals surface area (Å²) in [5, 5.41) is 16.0. The van der Waals surface area contributed by atoms with Gasteiger partial charge in [0.1, 0.15) is 17.2 Å². The van der Waals surface area contributed by atoms with Crippen molar-refractivity contribution in [3.05, 3.63) is 70.8 Å². The van der Waals surface area contributed by atoms with Crippen LogP contribution in [0.5, 0.6) is 11.5 Å². The van der Waals surface area contributed by atoms with E-state index in [1.165, 1.54) is 0 Å². The fourth-order valence-electron chi connectivity index (χ4n) is 3.40. The third kappa shape index (κ3) is 4.31. The Balaban J connectivity index is 1.56. The molecule has 1 amide bonds. The van der Waals surface area contributed by atoms with Crippen molar-refractivity contribution in [2.45, 2.75) is 6.04 Å². The predicted molar refractivity (Wildman–Crippen MR) is 119 cm³/mol. The molecule has 0 saturated heterocycles. The average Bonchev–Trinajstić information content (AvgIpc) is 3.56. The molecule has 8 nitrogen and oxygen atoms in total. The Morgan fingerprint density at radius 2 is 2.10 bits per heavy atom. The van der Waals surface area contributed by atoms with Crippen molar-refractivity contribution in [3.8, 4) is 22.8 Å². The van der Waals surface area contributed by atoms with Gasteiger partial charge in [-0.05, 0) is 52.7 Å². The normalized spacial score (nSPS) is 11.8. The number of hydrogen-bond donors (Lipinski definition) is 1. The van der Waals surface area contributed by atoms with Gasteiger partial charge < -0.3 is 14.8 Å². The van der Waals surface area contributed by atoms with Gasteiger partial charge >= 0.3 is 0 Å². The maximum absolute atomic E-state index is 13.0. The number of aromatic nitrogens is 4. The SMILES string of the molecule is COc1ccc(OC)c(-c2cc(C(=O)NC[C@H](c3ccsc3)n3cccn3)n(C)n2)c1. The summed E-state index contributed by atoms with van der Waals surface area (Å²) in [5.41, 5.74) is 2.93. The Hall–Kier alpha value is -3.59. The highest BCUT2D eigenvalue weighted by Gasteiger charge is 2.20. The van der Waals surface area contributed by atoms with Gasteiger partial charge in [0, 0.05) is 31.5 Å². The molecule has 4 aromatic rings. The van der Waals surface area contributed by atoms with Crippen LogP contribution in [0.4, 0.5) is 0 Å². The molecule has 3 heterocycles. The van der Waals surface area contributed by atoms with Crippen LogP contribution in [0.15, 0.2) is 59.6 Å². The second-order valence-electron chi connectivity index (χ2n) is 6.87. The number of benzene rings is 1. The van der Waals surface area contributed by atoms with Crippen LogP contribution in [0.1, 0.15) is 22.1 Å². The van der Waals surface area contributed by atoms with Gasteiger partial charge in [-0.3, -0.25) is 14.2 Å². The van der Waals surface area contributed by atoms with Crippen molar-refractivity contribution < 1.29 is 14.3 Å². The number of ether oxygens (including phenoxy) is 2. The lowest BCUT2D eigenvalue weighted by Crippen LogP contribution is -2.32. The smallest absolute Gasteiger partial charge is 0.269 e. The predicted octanol–water partition coefficient (Wildman–Crippen LogP) is 3.38. The van der Waals surface area contributed by atoms with Gasteiger partial charge in [0.2, 0.25) is 0 Å². The number of hydrogen-bond acceptors (Lipinski definition) is 6. The first-order valence-electron chi connectivity index (χ1n) is 9.66. The molecule has 1 N–H and O–H groups in total. The van der Waals surface area contributed by atoms with Crippen molar-refractivity contribution in [3.63, 3.8) is 0 Å². The van der Waals surface area contributed by atoms with Crippen molar-refractivity contribution in [2.24, 2.45) is 7.05 Å². The molecule has 4 rings (SSSR count). The third-order valence-corrected chi connectivity index (χ3v) is 5.72. The Labute approximate surface area is 184 Å². The van der Waals surface area contributed by atoms with Crippen molar-refractivity contribution in [1.82, 2.24) is 24.9 Å². The molecule has 9 heteroatoms. The minimum Gasteiger partial charge on any atom is -0.497 e. The molecule has 0 saturated carbocycles. The van der Waals surface area contributed by atoms with E-state index in [-0.39, 0.29) is 11.9 Å². The van der Waals surface area contributed by atoms with Crippen LogP contribution in [0.2, 0.25) is 0 Å². The molecular weight excluding hydrogens is 414 g/mol. The van der Waals surface area contributed by atoms with E-state index in [2.05, 4.69) is 20.9 Å². The largest absolute Gasteiger partial charge is 0.497 e. The lowest BCUT2D eigenvalue weighted by Gasteiger charge is -2.17. The molecule has 0 bridgehead atoms. The summed E-state index contributed by atoms with van der Waals surface area (Å²) in [7, 11) is 4.95. The second-order valence-corrected chi connectivity index (χ2v) is 7.65. The Morgan fingerprint density at radius 3 is 2.77 bits per heavy atom. The zero-order chi connectivity index (χ0) is 21.8. The first-order chi connectivity index (χ1) is 15.1. The molecular formula is C22H23N5O3S. The van der Waals surface area contributed by atoms with Crippen LogP contribution < -0.4 is 14.8 Å². The van der Waals surface area contributed by atoms with Gasteiger partial charge in [0.15, 0.2) is 0 Å². The highest BCUT2D eigenvalue weighted by Crippen LogP contribution is 2.33. The van der Waals surface area contributed by atoms with E-state index >= 15 is 0 Å². The number of rotatable bonds is 8. The fourth-order valence-corrected chi connectivity index (χ4v) is 4.11. The Kier molecular flexibility index (Phi) is 6.03. The Morgan fingerprint density at radius 1 is 1.23 bits per heavy atom. The van der Waals surface area contributed by atoms with Crippen molar-refractivity contribution in [1.29, 1.82) is 0 Å².